The lowest BCUT2D eigenvalue weighted by molar-refractivity contribution is -0.154. The summed E-state index contributed by atoms with van der Waals surface area (Å²) < 4.78 is 36.0. The summed E-state index contributed by atoms with van der Waals surface area (Å²) in [5, 5.41) is -0.685. The fourth-order valence-electron chi connectivity index (χ4n) is 3.38. The topological polar surface area (TPSA) is 80.7 Å². The molecule has 92 valence electrons. The highest BCUT2D eigenvalue weighted by atomic mass is 32.2. The summed E-state index contributed by atoms with van der Waals surface area (Å²) in [6.45, 7) is 1.82. The minimum Gasteiger partial charge on any atom is -0.469 e. The first-order valence-corrected chi connectivity index (χ1v) is 6.84. The molecular weight excluding hydrogens is 232 g/mol. The SMILES string of the molecule is COC(=O)C1(C)CC2CC1CC2S(=O)(=O)O. The third-order valence-corrected chi connectivity index (χ3v) is 5.59. The van der Waals surface area contributed by atoms with Crippen LogP contribution in [0.4, 0.5) is 0 Å². The maximum absolute atomic E-state index is 11.6. The Hall–Kier alpha value is -0.620. The number of carbonyl (C=O) groups is 1. The molecule has 2 aliphatic carbocycles. The molecule has 2 rings (SSSR count). The van der Waals surface area contributed by atoms with Crippen molar-refractivity contribution in [3.05, 3.63) is 0 Å². The third kappa shape index (κ3) is 1.55. The first-order valence-electron chi connectivity index (χ1n) is 5.33. The molecule has 4 unspecified atom stereocenters. The van der Waals surface area contributed by atoms with Crippen molar-refractivity contribution in [2.75, 3.05) is 7.11 Å². The molecule has 0 aromatic rings. The fraction of sp³-hybridized carbons (Fsp3) is 0.900. The van der Waals surface area contributed by atoms with Gasteiger partial charge in [-0.25, -0.2) is 0 Å². The Labute approximate surface area is 94.9 Å². The molecule has 0 aromatic heterocycles. The van der Waals surface area contributed by atoms with Crippen LogP contribution >= 0.6 is 0 Å². The van der Waals surface area contributed by atoms with E-state index < -0.39 is 20.8 Å². The van der Waals surface area contributed by atoms with E-state index in [2.05, 4.69) is 0 Å². The van der Waals surface area contributed by atoms with Crippen molar-refractivity contribution in [3.8, 4) is 0 Å². The van der Waals surface area contributed by atoms with Crippen molar-refractivity contribution in [1.82, 2.24) is 0 Å². The standard InChI is InChI=1S/C10H16O5S/c1-10(9(11)15-2)5-6-3-7(10)4-8(6)16(12,13)14/h6-8H,3-5H2,1-2H3,(H,12,13,14). The van der Waals surface area contributed by atoms with Gasteiger partial charge in [0.05, 0.1) is 17.8 Å². The molecule has 0 heterocycles. The van der Waals surface area contributed by atoms with Crippen molar-refractivity contribution in [1.29, 1.82) is 0 Å². The van der Waals surface area contributed by atoms with Gasteiger partial charge >= 0.3 is 5.97 Å². The third-order valence-electron chi connectivity index (χ3n) is 4.25. The van der Waals surface area contributed by atoms with E-state index in [9.17, 15) is 13.2 Å². The van der Waals surface area contributed by atoms with E-state index in [0.29, 0.717) is 19.3 Å². The van der Waals surface area contributed by atoms with Crippen LogP contribution < -0.4 is 0 Å². The average Bonchev–Trinajstić information content (AvgIpc) is 2.72. The van der Waals surface area contributed by atoms with Gasteiger partial charge in [-0.2, -0.15) is 8.42 Å². The number of carbonyl (C=O) groups excluding carboxylic acids is 1. The summed E-state index contributed by atoms with van der Waals surface area (Å²) in [7, 11) is -2.62. The highest BCUT2D eigenvalue weighted by molar-refractivity contribution is 7.86. The van der Waals surface area contributed by atoms with E-state index in [-0.39, 0.29) is 17.8 Å². The molecule has 1 N–H and O–H groups in total. The van der Waals surface area contributed by atoms with Crippen LogP contribution in [-0.2, 0) is 19.6 Å². The van der Waals surface area contributed by atoms with E-state index in [1.807, 2.05) is 6.92 Å². The van der Waals surface area contributed by atoms with Crippen LogP contribution in [0.3, 0.4) is 0 Å². The number of ether oxygens (including phenoxy) is 1. The Balaban J connectivity index is 2.20. The molecule has 0 saturated heterocycles. The lowest BCUT2D eigenvalue weighted by Gasteiger charge is -2.33. The van der Waals surface area contributed by atoms with Crippen molar-refractivity contribution < 1.29 is 22.5 Å². The van der Waals surface area contributed by atoms with Crippen LogP contribution in [0.25, 0.3) is 0 Å². The van der Waals surface area contributed by atoms with Crippen LogP contribution in [-0.4, -0.2) is 31.3 Å². The number of rotatable bonds is 2. The van der Waals surface area contributed by atoms with Crippen LogP contribution in [0.15, 0.2) is 0 Å². The van der Waals surface area contributed by atoms with Crippen molar-refractivity contribution in [3.63, 3.8) is 0 Å². The summed E-state index contributed by atoms with van der Waals surface area (Å²) in [6.07, 6.45) is 1.56. The Morgan fingerprint density at radius 1 is 1.44 bits per heavy atom. The Bertz CT molecular complexity index is 415. The van der Waals surface area contributed by atoms with Gasteiger partial charge in [0.15, 0.2) is 0 Å². The van der Waals surface area contributed by atoms with E-state index in [1.165, 1.54) is 7.11 Å². The summed E-state index contributed by atoms with van der Waals surface area (Å²) in [6, 6.07) is 0. The molecule has 0 amide bonds. The number of esters is 1. The Kier molecular flexibility index (Phi) is 2.54. The summed E-state index contributed by atoms with van der Waals surface area (Å²) >= 11 is 0. The van der Waals surface area contributed by atoms with E-state index in [1.54, 1.807) is 0 Å². The second-order valence-electron chi connectivity index (χ2n) is 5.10. The smallest absolute Gasteiger partial charge is 0.311 e. The van der Waals surface area contributed by atoms with Gasteiger partial charge in [0.2, 0.25) is 0 Å². The minimum atomic E-state index is -3.97. The molecule has 4 atom stereocenters. The zero-order valence-corrected chi connectivity index (χ0v) is 10.2. The average molecular weight is 248 g/mol. The second-order valence-corrected chi connectivity index (χ2v) is 6.73. The van der Waals surface area contributed by atoms with Gasteiger partial charge in [0.1, 0.15) is 0 Å². The molecule has 16 heavy (non-hydrogen) atoms. The first-order chi connectivity index (χ1) is 7.29. The van der Waals surface area contributed by atoms with Gasteiger partial charge in [-0.15, -0.1) is 0 Å². The Morgan fingerprint density at radius 2 is 2.06 bits per heavy atom. The quantitative estimate of drug-likeness (QED) is 0.579. The van der Waals surface area contributed by atoms with Crippen LogP contribution in [0, 0.1) is 17.3 Å². The van der Waals surface area contributed by atoms with Gasteiger partial charge in [0, 0.05) is 0 Å². The molecule has 2 aliphatic rings. The Morgan fingerprint density at radius 3 is 2.44 bits per heavy atom. The molecule has 2 fully saturated rings. The van der Waals surface area contributed by atoms with Crippen molar-refractivity contribution in [2.45, 2.75) is 31.4 Å². The monoisotopic (exact) mass is 248 g/mol. The summed E-state index contributed by atoms with van der Waals surface area (Å²) in [4.78, 5) is 11.6. The van der Waals surface area contributed by atoms with Crippen molar-refractivity contribution >= 4 is 16.1 Å². The zero-order valence-electron chi connectivity index (χ0n) is 9.34. The van der Waals surface area contributed by atoms with Gasteiger partial charge < -0.3 is 4.74 Å². The summed E-state index contributed by atoms with van der Waals surface area (Å²) in [5.74, 6) is -0.366. The number of hydrogen-bond acceptors (Lipinski definition) is 4. The summed E-state index contributed by atoms with van der Waals surface area (Å²) in [5.41, 5.74) is -0.569. The van der Waals surface area contributed by atoms with Crippen LogP contribution in [0.1, 0.15) is 26.2 Å². The van der Waals surface area contributed by atoms with Crippen molar-refractivity contribution in [2.24, 2.45) is 17.3 Å². The number of methoxy groups -OCH3 is 1. The van der Waals surface area contributed by atoms with E-state index >= 15 is 0 Å². The van der Waals surface area contributed by atoms with E-state index in [0.717, 1.165) is 0 Å². The predicted octanol–water partition coefficient (Wildman–Crippen LogP) is 0.852. The molecule has 6 heteroatoms. The molecule has 2 saturated carbocycles. The normalized spacial score (nSPS) is 42.3. The molecule has 0 radical (unpaired) electrons. The number of fused-ring (bicyclic) bond motifs is 2. The zero-order chi connectivity index (χ0) is 12.1. The maximum atomic E-state index is 11.6. The molecule has 2 bridgehead atoms. The largest absolute Gasteiger partial charge is 0.469 e. The van der Waals surface area contributed by atoms with Crippen LogP contribution in [0.2, 0.25) is 0 Å². The molecular formula is C10H16O5S. The fourth-order valence-corrected chi connectivity index (χ4v) is 4.55. The van der Waals surface area contributed by atoms with Gasteiger partial charge in [-0.3, -0.25) is 9.35 Å². The molecule has 0 aliphatic heterocycles. The number of hydrogen-bond donors (Lipinski definition) is 1. The van der Waals surface area contributed by atoms with Gasteiger partial charge in [-0.1, -0.05) is 0 Å². The van der Waals surface area contributed by atoms with E-state index in [4.69, 9.17) is 9.29 Å². The van der Waals surface area contributed by atoms with Gasteiger partial charge in [-0.05, 0) is 38.0 Å². The lowest BCUT2D eigenvalue weighted by atomic mass is 9.75. The van der Waals surface area contributed by atoms with Crippen LogP contribution in [0.5, 0.6) is 0 Å². The minimum absolute atomic E-state index is 0.0110. The molecule has 0 spiro atoms. The van der Waals surface area contributed by atoms with Gasteiger partial charge in [0.25, 0.3) is 10.1 Å². The first kappa shape index (κ1) is 11.9. The molecule has 5 nitrogen and oxygen atoms in total. The second kappa shape index (κ2) is 3.43. The predicted molar refractivity (Wildman–Crippen MR) is 56.3 cm³/mol. The lowest BCUT2D eigenvalue weighted by Crippen LogP contribution is -2.40. The highest BCUT2D eigenvalue weighted by Crippen LogP contribution is 2.57. The molecule has 0 aromatic carbocycles. The maximum Gasteiger partial charge on any atom is 0.311 e. The highest BCUT2D eigenvalue weighted by Gasteiger charge is 2.59.